The van der Waals surface area contributed by atoms with Gasteiger partial charge in [0.15, 0.2) is 10.9 Å². The van der Waals surface area contributed by atoms with Gasteiger partial charge in [-0.25, -0.2) is 0 Å². The third kappa shape index (κ3) is 4.88. The second-order valence-electron chi connectivity index (χ2n) is 9.56. The van der Waals surface area contributed by atoms with Gasteiger partial charge in [0.05, 0.1) is 5.70 Å². The molecule has 1 aliphatic heterocycles. The lowest BCUT2D eigenvalue weighted by atomic mass is 9.89. The van der Waals surface area contributed by atoms with E-state index in [1.54, 1.807) is 9.13 Å². The number of nitrogens with one attached hydrogen (secondary N) is 1. The second-order valence-corrected chi connectivity index (χ2v) is 10.4. The van der Waals surface area contributed by atoms with Crippen LogP contribution in [0.5, 0.6) is 11.8 Å². The summed E-state index contributed by atoms with van der Waals surface area (Å²) in [6, 6.07) is 7.62. The zero-order valence-corrected chi connectivity index (χ0v) is 20.8. The molecule has 1 aromatic heterocycles. The van der Waals surface area contributed by atoms with Crippen LogP contribution in [-0.2, 0) is 11.3 Å². The number of likely N-dealkylation sites (N-methyl/N-ethyl adjacent to an activating group) is 1. The van der Waals surface area contributed by atoms with Crippen molar-refractivity contribution in [3.8, 4) is 11.8 Å². The molecule has 0 spiro atoms. The number of rotatable bonds is 8. The lowest BCUT2D eigenvalue weighted by Gasteiger charge is -2.25. The van der Waals surface area contributed by atoms with Gasteiger partial charge in [-0.3, -0.25) is 13.9 Å². The molecule has 0 radical (unpaired) electrons. The molecule has 0 bridgehead atoms. The van der Waals surface area contributed by atoms with Gasteiger partial charge in [0, 0.05) is 31.1 Å². The maximum atomic E-state index is 12.4. The van der Waals surface area contributed by atoms with Gasteiger partial charge in [-0.1, -0.05) is 37.6 Å². The van der Waals surface area contributed by atoms with E-state index in [4.69, 9.17) is 28.6 Å². The lowest BCUT2D eigenvalue weighted by Crippen LogP contribution is -2.35. The number of carbonyl (C=O) groups is 1. The quantitative estimate of drug-likeness (QED) is 0.546. The minimum absolute atomic E-state index is 0.0159. The van der Waals surface area contributed by atoms with Crippen LogP contribution in [0.3, 0.4) is 0 Å². The van der Waals surface area contributed by atoms with E-state index in [1.165, 1.54) is 0 Å². The summed E-state index contributed by atoms with van der Waals surface area (Å²) in [4.78, 5) is 14.4. The molecule has 1 unspecified atom stereocenters. The standard InChI is InChI=1S/C24H29ClN4O3S/c1-24(2,13-20(30)26-9-10-27(3)4)14-28-21(31)22-29(23(28)33)18-11-16(12-19(18)32-22)15-5-7-17(25)8-6-15/h5-8,11-12,19,31H,9-10,13-14H2,1-4H3,(H,26,30). The molecule has 9 heteroatoms. The minimum atomic E-state index is -0.420. The van der Waals surface area contributed by atoms with Crippen LogP contribution in [-0.4, -0.2) is 58.3 Å². The van der Waals surface area contributed by atoms with E-state index in [0.717, 1.165) is 23.4 Å². The van der Waals surface area contributed by atoms with Gasteiger partial charge in [-0.15, -0.1) is 0 Å². The average molecular weight is 489 g/mol. The van der Waals surface area contributed by atoms with Gasteiger partial charge in [-0.05, 0) is 67.1 Å². The third-order valence-corrected chi connectivity index (χ3v) is 6.43. The van der Waals surface area contributed by atoms with Gasteiger partial charge in [0.25, 0.3) is 11.8 Å². The number of nitrogens with zero attached hydrogens (tertiary/aromatic N) is 3. The molecule has 2 heterocycles. The summed E-state index contributed by atoms with van der Waals surface area (Å²) in [6.45, 7) is 5.74. The van der Waals surface area contributed by atoms with Crippen LogP contribution in [0.25, 0.3) is 11.3 Å². The Morgan fingerprint density at radius 3 is 2.67 bits per heavy atom. The average Bonchev–Trinajstić information content (AvgIpc) is 3.34. The van der Waals surface area contributed by atoms with Crippen molar-refractivity contribution in [1.29, 1.82) is 0 Å². The molecule has 1 amide bonds. The topological polar surface area (TPSA) is 71.7 Å². The second kappa shape index (κ2) is 9.00. The normalized spacial score (nSPS) is 16.8. The Hall–Kier alpha value is -2.55. The summed E-state index contributed by atoms with van der Waals surface area (Å²) in [7, 11) is 3.93. The maximum Gasteiger partial charge on any atom is 0.264 e. The number of aromatic nitrogens is 2. The summed E-state index contributed by atoms with van der Waals surface area (Å²) in [5.74, 6) is 0.304. The molecule has 33 heavy (non-hydrogen) atoms. The number of ether oxygens (including phenoxy) is 1. The number of hydrogen-bond acceptors (Lipinski definition) is 5. The fourth-order valence-corrected chi connectivity index (χ4v) is 4.62. The van der Waals surface area contributed by atoms with E-state index >= 15 is 0 Å². The predicted molar refractivity (Wildman–Crippen MR) is 133 cm³/mol. The van der Waals surface area contributed by atoms with E-state index in [0.29, 0.717) is 35.2 Å². The number of halogens is 1. The van der Waals surface area contributed by atoms with Crippen LogP contribution in [0, 0.1) is 10.2 Å². The van der Waals surface area contributed by atoms with Crippen LogP contribution in [0.2, 0.25) is 5.02 Å². The number of fused-ring (bicyclic) bond motifs is 3. The summed E-state index contributed by atoms with van der Waals surface area (Å²) in [5, 5.41) is 14.5. The van der Waals surface area contributed by atoms with Gasteiger partial charge >= 0.3 is 0 Å². The highest BCUT2D eigenvalue weighted by molar-refractivity contribution is 7.71. The molecular weight excluding hydrogens is 460 g/mol. The molecule has 0 saturated heterocycles. The Labute approximate surface area is 203 Å². The van der Waals surface area contributed by atoms with Crippen LogP contribution in [0.4, 0.5) is 0 Å². The Bertz CT molecular complexity index is 1190. The molecule has 1 aliphatic carbocycles. The number of allylic oxidation sites excluding steroid dienone is 2. The summed E-state index contributed by atoms with van der Waals surface area (Å²) < 4.78 is 9.92. The van der Waals surface area contributed by atoms with E-state index in [-0.39, 0.29) is 17.9 Å². The summed E-state index contributed by atoms with van der Waals surface area (Å²) in [6.07, 6.45) is 4.04. The third-order valence-electron chi connectivity index (χ3n) is 5.78. The molecule has 1 aromatic carbocycles. The predicted octanol–water partition coefficient (Wildman–Crippen LogP) is 4.17. The minimum Gasteiger partial charge on any atom is -0.491 e. The highest BCUT2D eigenvalue weighted by Crippen LogP contribution is 2.45. The monoisotopic (exact) mass is 488 g/mol. The number of hydrogen-bond donors (Lipinski definition) is 2. The molecule has 2 N–H and O–H groups in total. The molecule has 7 nitrogen and oxygen atoms in total. The zero-order valence-electron chi connectivity index (χ0n) is 19.3. The Morgan fingerprint density at radius 1 is 1.30 bits per heavy atom. The molecular formula is C24H29ClN4O3S. The first kappa shape index (κ1) is 23.6. The highest BCUT2D eigenvalue weighted by Gasteiger charge is 2.37. The van der Waals surface area contributed by atoms with Crippen molar-refractivity contribution in [2.75, 3.05) is 27.2 Å². The van der Waals surface area contributed by atoms with Crippen molar-refractivity contribution in [3.63, 3.8) is 0 Å². The number of aromatic hydroxyl groups is 1. The van der Waals surface area contributed by atoms with Gasteiger partial charge < -0.3 is 20.1 Å². The highest BCUT2D eigenvalue weighted by atomic mass is 35.5. The van der Waals surface area contributed by atoms with Crippen LogP contribution in [0.15, 0.2) is 36.4 Å². The van der Waals surface area contributed by atoms with E-state index < -0.39 is 5.41 Å². The van der Waals surface area contributed by atoms with Crippen molar-refractivity contribution in [2.45, 2.75) is 32.9 Å². The van der Waals surface area contributed by atoms with Gasteiger partial charge in [-0.2, -0.15) is 0 Å². The van der Waals surface area contributed by atoms with Crippen molar-refractivity contribution >= 4 is 41.0 Å². The van der Waals surface area contributed by atoms with E-state index in [9.17, 15) is 9.90 Å². The van der Waals surface area contributed by atoms with E-state index in [2.05, 4.69) is 5.32 Å². The first-order valence-electron chi connectivity index (χ1n) is 10.9. The molecule has 4 rings (SSSR count). The largest absolute Gasteiger partial charge is 0.491 e. The number of imidazole rings is 1. The Kier molecular flexibility index (Phi) is 6.44. The van der Waals surface area contributed by atoms with Crippen LogP contribution >= 0.6 is 23.8 Å². The Balaban J connectivity index is 1.51. The molecule has 0 fully saturated rings. The fourth-order valence-electron chi connectivity index (χ4n) is 4.16. The van der Waals surface area contributed by atoms with Crippen LogP contribution < -0.4 is 10.1 Å². The number of benzene rings is 1. The summed E-state index contributed by atoms with van der Waals surface area (Å²) >= 11 is 11.7. The van der Waals surface area contributed by atoms with Crippen molar-refractivity contribution in [3.05, 3.63) is 51.8 Å². The zero-order chi connectivity index (χ0) is 23.9. The first-order chi connectivity index (χ1) is 15.6. The Morgan fingerprint density at radius 2 is 2.00 bits per heavy atom. The summed E-state index contributed by atoms with van der Waals surface area (Å²) in [5.41, 5.74) is 2.49. The van der Waals surface area contributed by atoms with Crippen LogP contribution in [0.1, 0.15) is 25.8 Å². The number of carbonyl (C=O) groups excluding carboxylic acids is 1. The molecule has 2 aliphatic rings. The van der Waals surface area contributed by atoms with Crippen molar-refractivity contribution in [2.24, 2.45) is 5.41 Å². The van der Waals surface area contributed by atoms with Crippen molar-refractivity contribution < 1.29 is 14.6 Å². The molecule has 176 valence electrons. The van der Waals surface area contributed by atoms with E-state index in [1.807, 2.05) is 69.3 Å². The maximum absolute atomic E-state index is 12.4. The number of amides is 1. The first-order valence-corrected chi connectivity index (χ1v) is 11.7. The smallest absolute Gasteiger partial charge is 0.264 e. The SMILES string of the molecule is CN(C)CCNC(=O)CC(C)(C)Cn1c(O)c2n(c1=S)C1=CC(c3ccc(Cl)cc3)=CC1O2. The molecule has 0 saturated carbocycles. The van der Waals surface area contributed by atoms with Crippen molar-refractivity contribution in [1.82, 2.24) is 19.4 Å². The molecule has 1 atom stereocenters. The van der Waals surface area contributed by atoms with Gasteiger partial charge in [0.1, 0.15) is 0 Å². The molecule has 2 aromatic rings. The fraction of sp³-hybridized carbons (Fsp3) is 0.417. The van der Waals surface area contributed by atoms with Gasteiger partial charge in [0.2, 0.25) is 5.91 Å². The lowest BCUT2D eigenvalue weighted by molar-refractivity contribution is -0.123.